The molecule has 2 N–H and O–H groups in total. The predicted octanol–water partition coefficient (Wildman–Crippen LogP) is 2.05. The zero-order chi connectivity index (χ0) is 12.3. The van der Waals surface area contributed by atoms with Crippen LogP contribution >= 0.6 is 0 Å². The Labute approximate surface area is 96.5 Å². The quantitative estimate of drug-likeness (QED) is 0.820. The zero-order valence-corrected chi connectivity index (χ0v) is 10.2. The Bertz CT molecular complexity index is 378. The fourth-order valence-electron chi connectivity index (χ4n) is 1.39. The summed E-state index contributed by atoms with van der Waals surface area (Å²) in [7, 11) is 0. The molecule has 3 nitrogen and oxygen atoms in total. The first kappa shape index (κ1) is 12.7. The van der Waals surface area contributed by atoms with Gasteiger partial charge in [0.25, 0.3) is 5.91 Å². The van der Waals surface area contributed by atoms with Gasteiger partial charge in [-0.15, -0.1) is 0 Å². The second-order valence-corrected chi connectivity index (χ2v) is 4.77. The van der Waals surface area contributed by atoms with Crippen molar-refractivity contribution in [1.82, 2.24) is 5.32 Å². The maximum absolute atomic E-state index is 11.7. The highest BCUT2D eigenvalue weighted by molar-refractivity contribution is 5.94. The molecule has 0 heterocycles. The van der Waals surface area contributed by atoms with Crippen molar-refractivity contribution in [3.8, 4) is 0 Å². The van der Waals surface area contributed by atoms with E-state index < -0.39 is 5.60 Å². The molecule has 0 radical (unpaired) electrons. The van der Waals surface area contributed by atoms with Crippen LogP contribution in [0.4, 0.5) is 0 Å². The summed E-state index contributed by atoms with van der Waals surface area (Å²) < 4.78 is 0. The Kier molecular flexibility index (Phi) is 3.70. The lowest BCUT2D eigenvalue weighted by Crippen LogP contribution is -2.30. The lowest BCUT2D eigenvalue weighted by molar-refractivity contribution is 0.0784. The molecule has 0 aliphatic heterocycles. The van der Waals surface area contributed by atoms with Crippen molar-refractivity contribution >= 4 is 5.91 Å². The van der Waals surface area contributed by atoms with Crippen LogP contribution in [0.2, 0.25) is 0 Å². The number of benzene rings is 1. The molecule has 0 aliphatic carbocycles. The van der Waals surface area contributed by atoms with E-state index in [1.165, 1.54) is 0 Å². The number of nitrogens with one attached hydrogen (secondary N) is 1. The third kappa shape index (κ3) is 3.35. The van der Waals surface area contributed by atoms with Crippen LogP contribution in [0.1, 0.15) is 43.6 Å². The SMILES string of the molecule is CC(C)NC(=O)c1cccc(C(C)(C)O)c1. The van der Waals surface area contributed by atoms with Gasteiger partial charge in [-0.25, -0.2) is 0 Å². The van der Waals surface area contributed by atoms with E-state index in [9.17, 15) is 9.90 Å². The summed E-state index contributed by atoms with van der Waals surface area (Å²) >= 11 is 0. The molecule has 0 spiro atoms. The normalized spacial score (nSPS) is 11.6. The largest absolute Gasteiger partial charge is 0.386 e. The molecule has 88 valence electrons. The fourth-order valence-corrected chi connectivity index (χ4v) is 1.39. The molecular weight excluding hydrogens is 202 g/mol. The fraction of sp³-hybridized carbons (Fsp3) is 0.462. The van der Waals surface area contributed by atoms with Crippen LogP contribution in [0.25, 0.3) is 0 Å². The van der Waals surface area contributed by atoms with Gasteiger partial charge in [0.2, 0.25) is 0 Å². The highest BCUT2D eigenvalue weighted by atomic mass is 16.3. The lowest BCUT2D eigenvalue weighted by atomic mass is 9.96. The van der Waals surface area contributed by atoms with Crippen molar-refractivity contribution in [2.75, 3.05) is 0 Å². The highest BCUT2D eigenvalue weighted by Crippen LogP contribution is 2.20. The summed E-state index contributed by atoms with van der Waals surface area (Å²) in [6, 6.07) is 7.16. The molecule has 0 unspecified atom stereocenters. The molecule has 1 rings (SSSR count). The molecule has 1 amide bonds. The summed E-state index contributed by atoms with van der Waals surface area (Å²) in [6.07, 6.45) is 0. The van der Waals surface area contributed by atoms with E-state index in [1.807, 2.05) is 19.9 Å². The summed E-state index contributed by atoms with van der Waals surface area (Å²) in [6.45, 7) is 7.23. The number of carbonyl (C=O) groups is 1. The minimum absolute atomic E-state index is 0.110. The van der Waals surface area contributed by atoms with Gasteiger partial charge in [-0.2, -0.15) is 0 Å². The van der Waals surface area contributed by atoms with E-state index in [4.69, 9.17) is 0 Å². The van der Waals surface area contributed by atoms with Crippen molar-refractivity contribution < 1.29 is 9.90 Å². The molecule has 0 saturated heterocycles. The standard InChI is InChI=1S/C13H19NO2/c1-9(2)14-12(15)10-6-5-7-11(8-10)13(3,4)16/h5-9,16H,1-4H3,(H,14,15). The molecule has 0 atom stereocenters. The number of hydrogen-bond donors (Lipinski definition) is 2. The van der Waals surface area contributed by atoms with Crippen LogP contribution in [0.3, 0.4) is 0 Å². The first-order valence-electron chi connectivity index (χ1n) is 5.44. The number of aliphatic hydroxyl groups is 1. The van der Waals surface area contributed by atoms with Crippen LogP contribution in [0, 0.1) is 0 Å². The second-order valence-electron chi connectivity index (χ2n) is 4.77. The van der Waals surface area contributed by atoms with E-state index in [2.05, 4.69) is 5.32 Å². The second kappa shape index (κ2) is 4.66. The van der Waals surface area contributed by atoms with Gasteiger partial charge in [-0.3, -0.25) is 4.79 Å². The maximum Gasteiger partial charge on any atom is 0.251 e. The number of carbonyl (C=O) groups excluding carboxylic acids is 1. The highest BCUT2D eigenvalue weighted by Gasteiger charge is 2.17. The monoisotopic (exact) mass is 221 g/mol. The summed E-state index contributed by atoms with van der Waals surface area (Å²) in [4.78, 5) is 11.7. The molecule has 0 saturated carbocycles. The summed E-state index contributed by atoms with van der Waals surface area (Å²) in [5.41, 5.74) is 0.394. The Hall–Kier alpha value is -1.35. The molecule has 0 aliphatic rings. The van der Waals surface area contributed by atoms with Crippen molar-refractivity contribution in [3.63, 3.8) is 0 Å². The van der Waals surface area contributed by atoms with Crippen molar-refractivity contribution in [3.05, 3.63) is 35.4 Å². The molecule has 0 bridgehead atoms. The van der Waals surface area contributed by atoms with Crippen LogP contribution in [-0.4, -0.2) is 17.1 Å². The maximum atomic E-state index is 11.7. The van der Waals surface area contributed by atoms with Gasteiger partial charge in [-0.05, 0) is 45.4 Å². The van der Waals surface area contributed by atoms with Crippen molar-refractivity contribution in [2.45, 2.75) is 39.3 Å². The van der Waals surface area contributed by atoms with E-state index in [0.717, 1.165) is 5.56 Å². The van der Waals surface area contributed by atoms with Crippen LogP contribution in [-0.2, 0) is 5.60 Å². The van der Waals surface area contributed by atoms with E-state index in [0.29, 0.717) is 5.56 Å². The van der Waals surface area contributed by atoms with Gasteiger partial charge in [0.1, 0.15) is 0 Å². The lowest BCUT2D eigenvalue weighted by Gasteiger charge is -2.18. The van der Waals surface area contributed by atoms with Gasteiger partial charge < -0.3 is 10.4 Å². The van der Waals surface area contributed by atoms with E-state index >= 15 is 0 Å². The zero-order valence-electron chi connectivity index (χ0n) is 10.2. The minimum atomic E-state index is -0.922. The topological polar surface area (TPSA) is 49.3 Å². The van der Waals surface area contributed by atoms with Gasteiger partial charge >= 0.3 is 0 Å². The molecule has 0 aromatic heterocycles. The number of amides is 1. The number of rotatable bonds is 3. The third-order valence-electron chi connectivity index (χ3n) is 2.25. The van der Waals surface area contributed by atoms with Gasteiger partial charge in [0.05, 0.1) is 5.60 Å². The number of hydrogen-bond acceptors (Lipinski definition) is 2. The van der Waals surface area contributed by atoms with Crippen LogP contribution in [0.15, 0.2) is 24.3 Å². The minimum Gasteiger partial charge on any atom is -0.386 e. The smallest absolute Gasteiger partial charge is 0.251 e. The Morgan fingerprint density at radius 3 is 2.50 bits per heavy atom. The molecule has 1 aromatic carbocycles. The van der Waals surface area contributed by atoms with E-state index in [1.54, 1.807) is 32.0 Å². The van der Waals surface area contributed by atoms with Crippen LogP contribution < -0.4 is 5.32 Å². The van der Waals surface area contributed by atoms with Crippen molar-refractivity contribution in [2.24, 2.45) is 0 Å². The summed E-state index contributed by atoms with van der Waals surface area (Å²) in [5, 5.41) is 12.7. The van der Waals surface area contributed by atoms with Gasteiger partial charge in [0, 0.05) is 11.6 Å². The van der Waals surface area contributed by atoms with Gasteiger partial charge in [-0.1, -0.05) is 12.1 Å². The third-order valence-corrected chi connectivity index (χ3v) is 2.25. The van der Waals surface area contributed by atoms with Gasteiger partial charge in [0.15, 0.2) is 0 Å². The van der Waals surface area contributed by atoms with Crippen molar-refractivity contribution in [1.29, 1.82) is 0 Å². The average Bonchev–Trinajstić information content (AvgIpc) is 2.15. The van der Waals surface area contributed by atoms with E-state index in [-0.39, 0.29) is 11.9 Å². The Balaban J connectivity index is 2.95. The first-order chi connectivity index (χ1) is 7.30. The summed E-state index contributed by atoms with van der Waals surface area (Å²) in [5.74, 6) is -0.110. The Morgan fingerprint density at radius 2 is 2.00 bits per heavy atom. The first-order valence-corrected chi connectivity index (χ1v) is 5.44. The molecule has 1 aromatic rings. The predicted molar refractivity (Wildman–Crippen MR) is 64.3 cm³/mol. The molecule has 0 fully saturated rings. The molecule has 16 heavy (non-hydrogen) atoms. The average molecular weight is 221 g/mol. The molecular formula is C13H19NO2. The van der Waals surface area contributed by atoms with Crippen LogP contribution in [0.5, 0.6) is 0 Å². The molecule has 3 heteroatoms. The Morgan fingerprint density at radius 1 is 1.38 bits per heavy atom.